The largest absolute Gasteiger partial charge is 0.507 e. The van der Waals surface area contributed by atoms with Crippen LogP contribution in [0.5, 0.6) is 5.75 Å². The van der Waals surface area contributed by atoms with E-state index < -0.39 is 0 Å². The van der Waals surface area contributed by atoms with Crippen molar-refractivity contribution in [1.29, 1.82) is 0 Å². The first kappa shape index (κ1) is 12.6. The number of nitrogens with zero attached hydrogens (tertiary/aromatic N) is 2. The molecule has 6 heteroatoms. The molecular formula is C15H18N4O2. The van der Waals surface area contributed by atoms with E-state index >= 15 is 0 Å². The minimum atomic E-state index is -0.207. The minimum Gasteiger partial charge on any atom is -0.507 e. The molecule has 3 saturated heterocycles. The number of fused-ring (bicyclic) bond motifs is 4. The van der Waals surface area contributed by atoms with Gasteiger partial charge >= 0.3 is 0 Å². The van der Waals surface area contributed by atoms with E-state index in [2.05, 4.69) is 20.4 Å². The molecule has 2 aromatic rings. The summed E-state index contributed by atoms with van der Waals surface area (Å²) in [5.74, 6) is 0.444. The summed E-state index contributed by atoms with van der Waals surface area (Å²) in [6.07, 6.45) is 2.30. The Morgan fingerprint density at radius 1 is 1.38 bits per heavy atom. The van der Waals surface area contributed by atoms with Gasteiger partial charge < -0.3 is 15.3 Å². The average molecular weight is 286 g/mol. The summed E-state index contributed by atoms with van der Waals surface area (Å²) in [6, 6.07) is 5.29. The van der Waals surface area contributed by atoms with E-state index in [1.54, 1.807) is 18.2 Å². The second kappa shape index (κ2) is 4.73. The summed E-state index contributed by atoms with van der Waals surface area (Å²) >= 11 is 0. The molecule has 21 heavy (non-hydrogen) atoms. The number of nitrogens with one attached hydrogen (secondary N) is 2. The number of phenols is 1. The van der Waals surface area contributed by atoms with E-state index in [0.717, 1.165) is 32.5 Å². The lowest BCUT2D eigenvalue weighted by molar-refractivity contribution is 0.0618. The standard InChI is InChI=1S/C15H18N4O2/c20-12-3-1-2-10-13(12)14(18-17-10)15(21)16-11-8-19-6-4-9(11)5-7-19/h1-3,9,11,20H,4-8H2,(H,16,21)(H,17,18)/t11-/m1/s1. The van der Waals surface area contributed by atoms with E-state index in [9.17, 15) is 9.90 Å². The van der Waals surface area contributed by atoms with Gasteiger partial charge in [0.05, 0.1) is 10.9 Å². The number of rotatable bonds is 2. The van der Waals surface area contributed by atoms with Crippen LogP contribution >= 0.6 is 0 Å². The fourth-order valence-corrected chi connectivity index (χ4v) is 3.58. The zero-order valence-electron chi connectivity index (χ0n) is 11.7. The number of carbonyl (C=O) groups is 1. The molecule has 1 amide bonds. The van der Waals surface area contributed by atoms with Gasteiger partial charge in [-0.15, -0.1) is 0 Å². The Labute approximate surface area is 122 Å². The molecule has 6 nitrogen and oxygen atoms in total. The van der Waals surface area contributed by atoms with Crippen LogP contribution in [0.4, 0.5) is 0 Å². The molecule has 110 valence electrons. The fourth-order valence-electron chi connectivity index (χ4n) is 3.58. The number of carbonyl (C=O) groups excluding carboxylic acids is 1. The lowest BCUT2D eigenvalue weighted by atomic mass is 9.84. The molecule has 2 bridgehead atoms. The van der Waals surface area contributed by atoms with Gasteiger partial charge in [-0.1, -0.05) is 6.07 Å². The van der Waals surface area contributed by atoms with E-state index in [-0.39, 0.29) is 23.4 Å². The molecule has 4 heterocycles. The summed E-state index contributed by atoms with van der Waals surface area (Å²) in [7, 11) is 0. The summed E-state index contributed by atoms with van der Waals surface area (Å²) in [4.78, 5) is 14.9. The highest BCUT2D eigenvalue weighted by Crippen LogP contribution is 2.29. The van der Waals surface area contributed by atoms with Crippen LogP contribution in [0.2, 0.25) is 0 Å². The number of amides is 1. The number of phenolic OH excluding ortho intramolecular Hbond substituents is 1. The summed E-state index contributed by atoms with van der Waals surface area (Å²) in [5.41, 5.74) is 0.952. The molecular weight excluding hydrogens is 268 g/mol. The van der Waals surface area contributed by atoms with Crippen molar-refractivity contribution >= 4 is 16.8 Å². The van der Waals surface area contributed by atoms with Gasteiger partial charge in [0, 0.05) is 12.6 Å². The normalized spacial score (nSPS) is 27.9. The Morgan fingerprint density at radius 2 is 2.19 bits per heavy atom. The van der Waals surface area contributed by atoms with Gasteiger partial charge in [0.15, 0.2) is 5.69 Å². The van der Waals surface area contributed by atoms with Gasteiger partial charge in [-0.25, -0.2) is 0 Å². The zero-order valence-corrected chi connectivity index (χ0v) is 11.7. The molecule has 0 radical (unpaired) electrons. The third-order valence-corrected chi connectivity index (χ3v) is 4.76. The average Bonchev–Trinajstić information content (AvgIpc) is 2.94. The third kappa shape index (κ3) is 2.06. The predicted molar refractivity (Wildman–Crippen MR) is 78.2 cm³/mol. The summed E-state index contributed by atoms with van der Waals surface area (Å²) < 4.78 is 0. The number of aromatic nitrogens is 2. The van der Waals surface area contributed by atoms with Crippen molar-refractivity contribution in [3.8, 4) is 5.75 Å². The van der Waals surface area contributed by atoms with Crippen molar-refractivity contribution in [2.24, 2.45) is 5.92 Å². The lowest BCUT2D eigenvalue weighted by Gasteiger charge is -2.44. The third-order valence-electron chi connectivity index (χ3n) is 4.76. The highest BCUT2D eigenvalue weighted by molar-refractivity contribution is 6.07. The van der Waals surface area contributed by atoms with E-state index in [4.69, 9.17) is 0 Å². The molecule has 3 aliphatic heterocycles. The second-order valence-electron chi connectivity index (χ2n) is 5.99. The Hall–Kier alpha value is -2.08. The quantitative estimate of drug-likeness (QED) is 0.772. The minimum absolute atomic E-state index is 0.0836. The molecule has 0 unspecified atom stereocenters. The van der Waals surface area contributed by atoms with Crippen LogP contribution in [0, 0.1) is 5.92 Å². The Morgan fingerprint density at radius 3 is 2.90 bits per heavy atom. The molecule has 3 N–H and O–H groups in total. The molecule has 1 aromatic carbocycles. The summed E-state index contributed by atoms with van der Waals surface area (Å²) in [5, 5.41) is 20.4. The molecule has 0 spiro atoms. The maximum Gasteiger partial charge on any atom is 0.272 e. The van der Waals surface area contributed by atoms with Gasteiger partial charge in [-0.2, -0.15) is 5.10 Å². The van der Waals surface area contributed by atoms with Crippen molar-refractivity contribution in [2.45, 2.75) is 18.9 Å². The van der Waals surface area contributed by atoms with Crippen LogP contribution in [-0.4, -0.2) is 51.8 Å². The molecule has 1 atom stereocenters. The second-order valence-corrected chi connectivity index (χ2v) is 5.99. The number of aromatic amines is 1. The van der Waals surface area contributed by atoms with Crippen molar-refractivity contribution in [3.05, 3.63) is 23.9 Å². The van der Waals surface area contributed by atoms with Gasteiger partial charge in [0.1, 0.15) is 5.75 Å². The highest BCUT2D eigenvalue weighted by atomic mass is 16.3. The van der Waals surface area contributed by atoms with Gasteiger partial charge in [0.2, 0.25) is 0 Å². The number of piperidine rings is 3. The molecule has 3 fully saturated rings. The number of hydrogen-bond donors (Lipinski definition) is 3. The first-order chi connectivity index (χ1) is 10.2. The molecule has 5 rings (SSSR count). The maximum absolute atomic E-state index is 12.5. The number of H-pyrrole nitrogens is 1. The Bertz CT molecular complexity index is 688. The van der Waals surface area contributed by atoms with Crippen LogP contribution < -0.4 is 5.32 Å². The van der Waals surface area contributed by atoms with Gasteiger partial charge in [0.25, 0.3) is 5.91 Å². The van der Waals surface area contributed by atoms with Crippen LogP contribution in [0.25, 0.3) is 10.9 Å². The monoisotopic (exact) mass is 286 g/mol. The smallest absolute Gasteiger partial charge is 0.272 e. The van der Waals surface area contributed by atoms with Crippen LogP contribution in [0.3, 0.4) is 0 Å². The Balaban J connectivity index is 1.59. The van der Waals surface area contributed by atoms with Crippen LogP contribution in [-0.2, 0) is 0 Å². The highest BCUT2D eigenvalue weighted by Gasteiger charge is 2.35. The SMILES string of the molecule is O=C(N[C@@H]1CN2CCC1CC2)c1n[nH]c2cccc(O)c12. The first-order valence-corrected chi connectivity index (χ1v) is 7.41. The number of hydrogen-bond acceptors (Lipinski definition) is 4. The van der Waals surface area contributed by atoms with Gasteiger partial charge in [-0.3, -0.25) is 9.89 Å². The van der Waals surface area contributed by atoms with E-state index in [0.29, 0.717) is 16.8 Å². The first-order valence-electron chi connectivity index (χ1n) is 7.41. The molecule has 0 saturated carbocycles. The van der Waals surface area contributed by atoms with Crippen molar-refractivity contribution in [2.75, 3.05) is 19.6 Å². The van der Waals surface area contributed by atoms with E-state index in [1.807, 2.05) is 0 Å². The van der Waals surface area contributed by atoms with Crippen LogP contribution in [0.15, 0.2) is 18.2 Å². The van der Waals surface area contributed by atoms with Crippen molar-refractivity contribution < 1.29 is 9.90 Å². The van der Waals surface area contributed by atoms with Crippen LogP contribution in [0.1, 0.15) is 23.3 Å². The van der Waals surface area contributed by atoms with Crippen molar-refractivity contribution in [3.63, 3.8) is 0 Å². The maximum atomic E-state index is 12.5. The zero-order chi connectivity index (χ0) is 14.4. The van der Waals surface area contributed by atoms with E-state index in [1.165, 1.54) is 0 Å². The lowest BCUT2D eigenvalue weighted by Crippen LogP contribution is -2.57. The Kier molecular flexibility index (Phi) is 2.85. The molecule has 1 aromatic heterocycles. The van der Waals surface area contributed by atoms with Gasteiger partial charge in [-0.05, 0) is 44.0 Å². The fraction of sp³-hybridized carbons (Fsp3) is 0.467. The molecule has 3 aliphatic rings. The number of benzene rings is 1. The summed E-state index contributed by atoms with van der Waals surface area (Å²) in [6.45, 7) is 3.21. The topological polar surface area (TPSA) is 81.2 Å². The molecule has 0 aliphatic carbocycles. The predicted octanol–water partition coefficient (Wildman–Crippen LogP) is 1.09. The number of aromatic hydroxyl groups is 1. The van der Waals surface area contributed by atoms with Crippen molar-refractivity contribution in [1.82, 2.24) is 20.4 Å².